The Morgan fingerprint density at radius 3 is 0.733 bits per heavy atom. The van der Waals surface area contributed by atoms with Crippen LogP contribution in [0.1, 0.15) is 45.0 Å². The molecule has 8 bridgehead atoms. The lowest BCUT2D eigenvalue weighted by Crippen LogP contribution is -1.91. The van der Waals surface area contributed by atoms with Crippen molar-refractivity contribution in [1.29, 1.82) is 0 Å². The van der Waals surface area contributed by atoms with Crippen molar-refractivity contribution in [2.45, 2.75) is 25.7 Å². The monoisotopic (exact) mass is 774 g/mol. The number of aromatic amines is 2. The highest BCUT2D eigenvalue weighted by Gasteiger charge is 2.19. The van der Waals surface area contributed by atoms with Gasteiger partial charge in [0.2, 0.25) is 0 Å². The van der Waals surface area contributed by atoms with Crippen LogP contribution >= 0.6 is 0 Å². The summed E-state index contributed by atoms with van der Waals surface area (Å²) in [5.41, 5.74) is 20.6. The van der Waals surface area contributed by atoms with Crippen LogP contribution in [0.5, 0.6) is 0 Å². The number of nitrogens with zero attached hydrogens (tertiary/aromatic N) is 2. The highest BCUT2D eigenvalue weighted by molar-refractivity contribution is 5.99. The lowest BCUT2D eigenvalue weighted by molar-refractivity contribution is 1.27. The minimum Gasteiger partial charge on any atom is -0.354 e. The minimum atomic E-state index is 0.807. The number of hydrogen-bond acceptors (Lipinski definition) is 2. The number of fused-ring (bicyclic) bond motifs is 8. The number of allylic oxidation sites excluding steroid dienone is 4. The molecule has 0 fully saturated rings. The van der Waals surface area contributed by atoms with Crippen molar-refractivity contribution in [3.8, 4) is 44.5 Å². The summed E-state index contributed by atoms with van der Waals surface area (Å²) in [6, 6.07) is 43.7. The molecule has 4 heteroatoms. The average Bonchev–Trinajstić information content (AvgIpc) is 4.12. The molecule has 0 saturated heterocycles. The maximum absolute atomic E-state index is 5.47. The van der Waals surface area contributed by atoms with E-state index in [9.17, 15) is 0 Å². The molecule has 0 spiro atoms. The van der Waals surface area contributed by atoms with Gasteiger partial charge in [-0.05, 0) is 119 Å². The molecule has 7 aromatic rings. The molecule has 0 aliphatic carbocycles. The summed E-state index contributed by atoms with van der Waals surface area (Å²) in [4.78, 5) is 18.7. The van der Waals surface area contributed by atoms with Gasteiger partial charge in [-0.15, -0.1) is 26.3 Å². The zero-order chi connectivity index (χ0) is 41.0. The second-order valence-corrected chi connectivity index (χ2v) is 15.3. The van der Waals surface area contributed by atoms with Gasteiger partial charge in [0, 0.05) is 44.3 Å². The van der Waals surface area contributed by atoms with E-state index in [-0.39, 0.29) is 0 Å². The molecule has 2 aliphatic heterocycles. The van der Waals surface area contributed by atoms with Gasteiger partial charge in [0.05, 0.1) is 22.8 Å². The van der Waals surface area contributed by atoms with Gasteiger partial charge in [0.25, 0.3) is 0 Å². The smallest absolute Gasteiger partial charge is 0.0737 e. The second kappa shape index (κ2) is 16.7. The molecule has 4 aromatic carbocycles. The Balaban J connectivity index is 1.41. The van der Waals surface area contributed by atoms with E-state index >= 15 is 0 Å². The third-order valence-corrected chi connectivity index (χ3v) is 11.2. The van der Waals surface area contributed by atoms with Crippen molar-refractivity contribution < 1.29 is 0 Å². The minimum absolute atomic E-state index is 0.807. The molecule has 0 atom stereocenters. The van der Waals surface area contributed by atoms with Crippen molar-refractivity contribution in [2.24, 2.45) is 0 Å². The van der Waals surface area contributed by atoms with Crippen LogP contribution in [0.25, 0.3) is 90.9 Å². The molecule has 0 saturated carbocycles. The Morgan fingerprint density at radius 2 is 0.533 bits per heavy atom. The van der Waals surface area contributed by atoms with E-state index in [1.54, 1.807) is 0 Å². The van der Waals surface area contributed by atoms with Gasteiger partial charge in [0.15, 0.2) is 0 Å². The first-order chi connectivity index (χ1) is 29.5. The third kappa shape index (κ3) is 7.47. The topological polar surface area (TPSA) is 57.4 Å². The molecule has 3 aromatic heterocycles. The third-order valence-electron chi connectivity index (χ3n) is 11.2. The Hall–Kier alpha value is -7.56. The highest BCUT2D eigenvalue weighted by Crippen LogP contribution is 2.39. The van der Waals surface area contributed by atoms with E-state index in [2.05, 4.69) is 182 Å². The fraction of sp³-hybridized carbons (Fsp3) is 0.0714. The Bertz CT molecular complexity index is 2600. The second-order valence-electron chi connectivity index (χ2n) is 15.3. The van der Waals surface area contributed by atoms with E-state index in [1.165, 1.54) is 22.3 Å². The van der Waals surface area contributed by atoms with Crippen LogP contribution in [0.4, 0.5) is 0 Å². The number of benzene rings is 4. The zero-order valence-electron chi connectivity index (χ0n) is 33.7. The Labute approximate surface area is 352 Å². The number of H-pyrrole nitrogens is 2. The molecule has 2 aliphatic rings. The van der Waals surface area contributed by atoms with Crippen molar-refractivity contribution in [3.63, 3.8) is 0 Å². The van der Waals surface area contributed by atoms with E-state index in [0.717, 1.165) is 115 Å². The molecule has 4 nitrogen and oxygen atoms in total. The van der Waals surface area contributed by atoms with Crippen LogP contribution in [0, 0.1) is 0 Å². The number of hydrogen-bond donors (Lipinski definition) is 2. The van der Waals surface area contributed by atoms with Gasteiger partial charge in [-0.25, -0.2) is 9.97 Å². The van der Waals surface area contributed by atoms with Gasteiger partial charge < -0.3 is 9.97 Å². The fourth-order valence-electron chi connectivity index (χ4n) is 8.32. The summed E-state index contributed by atoms with van der Waals surface area (Å²) < 4.78 is 0. The van der Waals surface area contributed by atoms with Crippen LogP contribution in [-0.2, 0) is 25.7 Å². The standard InChI is InChI=1S/C56H46N4/c1-5-9-37-13-21-41(22-14-37)53-45-29-31-47(57-45)54(42-23-15-38(10-6-2)16-24-42)49-33-35-51(59-49)56(44-27-19-40(12-8-4)20-28-44)52-36-34-50(60-52)55(48-32-30-46(53)58-48)43-25-17-39(11-7-3)18-26-43/h5-8,13-36,57,60H,1-4,9-12H2. The lowest BCUT2D eigenvalue weighted by Gasteiger charge is -2.08. The number of nitrogens with one attached hydrogen (secondary N) is 2. The molecule has 0 radical (unpaired) electrons. The molecule has 9 rings (SSSR count). The molecule has 60 heavy (non-hydrogen) atoms. The zero-order valence-corrected chi connectivity index (χ0v) is 33.7. The molecule has 0 amide bonds. The average molecular weight is 775 g/mol. The Morgan fingerprint density at radius 1 is 0.317 bits per heavy atom. The van der Waals surface area contributed by atoms with Crippen molar-refractivity contribution in [3.05, 3.63) is 217 Å². The van der Waals surface area contributed by atoms with Gasteiger partial charge in [-0.3, -0.25) is 0 Å². The molecule has 5 heterocycles. The van der Waals surface area contributed by atoms with Crippen LogP contribution in [0.3, 0.4) is 0 Å². The molecular weight excluding hydrogens is 729 g/mol. The van der Waals surface area contributed by atoms with E-state index in [0.29, 0.717) is 0 Å². The quantitative estimate of drug-likeness (QED) is 0.121. The molecule has 0 unspecified atom stereocenters. The van der Waals surface area contributed by atoms with Crippen molar-refractivity contribution in [1.82, 2.24) is 19.9 Å². The normalized spacial score (nSPS) is 11.7. The van der Waals surface area contributed by atoms with Gasteiger partial charge in [-0.1, -0.05) is 121 Å². The van der Waals surface area contributed by atoms with Crippen LogP contribution in [-0.4, -0.2) is 19.9 Å². The van der Waals surface area contributed by atoms with E-state index < -0.39 is 0 Å². The maximum atomic E-state index is 5.47. The van der Waals surface area contributed by atoms with Gasteiger partial charge >= 0.3 is 0 Å². The van der Waals surface area contributed by atoms with E-state index in [1.807, 2.05) is 24.3 Å². The highest BCUT2D eigenvalue weighted by atomic mass is 14.8. The van der Waals surface area contributed by atoms with Crippen LogP contribution < -0.4 is 0 Å². The summed E-state index contributed by atoms with van der Waals surface area (Å²) in [6.07, 6.45) is 19.6. The first-order valence-corrected chi connectivity index (χ1v) is 20.5. The summed E-state index contributed by atoms with van der Waals surface area (Å²) in [7, 11) is 0. The van der Waals surface area contributed by atoms with Crippen LogP contribution in [0.15, 0.2) is 172 Å². The first kappa shape index (κ1) is 38.0. The fourth-order valence-corrected chi connectivity index (χ4v) is 8.32. The summed E-state index contributed by atoms with van der Waals surface area (Å²) >= 11 is 0. The molecule has 290 valence electrons. The predicted molar refractivity (Wildman–Crippen MR) is 256 cm³/mol. The number of aromatic nitrogens is 4. The predicted octanol–water partition coefficient (Wildman–Crippen LogP) is 14.2. The summed E-state index contributed by atoms with van der Waals surface area (Å²) in [5.74, 6) is 0. The summed E-state index contributed by atoms with van der Waals surface area (Å²) in [5, 5.41) is 0. The SMILES string of the molecule is C=CCc1ccc(-c2c3nc(c(-c4ccc(CC=C)cc4)c4ccc([nH]4)c(-c4ccc(CC=C)cc4)c4nc(c(-c5ccc(CC=C)cc5)c5ccc2[nH]5)C=C4)C=C3)cc1. The molecule has 2 N–H and O–H groups in total. The number of rotatable bonds is 12. The van der Waals surface area contributed by atoms with Crippen molar-refractivity contribution >= 4 is 46.4 Å². The van der Waals surface area contributed by atoms with Crippen molar-refractivity contribution in [2.75, 3.05) is 0 Å². The van der Waals surface area contributed by atoms with E-state index in [4.69, 9.17) is 9.97 Å². The van der Waals surface area contributed by atoms with Gasteiger partial charge in [0.1, 0.15) is 0 Å². The van der Waals surface area contributed by atoms with Crippen LogP contribution in [0.2, 0.25) is 0 Å². The Kier molecular flexibility index (Phi) is 10.6. The maximum Gasteiger partial charge on any atom is 0.0737 e. The first-order valence-electron chi connectivity index (χ1n) is 20.5. The summed E-state index contributed by atoms with van der Waals surface area (Å²) in [6.45, 7) is 15.8. The largest absolute Gasteiger partial charge is 0.354 e. The van der Waals surface area contributed by atoms with Gasteiger partial charge in [-0.2, -0.15) is 0 Å². The molecular formula is C56H46N4. The lowest BCUT2D eigenvalue weighted by atomic mass is 10.0.